The molecule has 0 aromatic heterocycles. The lowest BCUT2D eigenvalue weighted by molar-refractivity contribution is -0.385. The van der Waals surface area contributed by atoms with Crippen LogP contribution in [0, 0.1) is 17.0 Å². The highest BCUT2D eigenvalue weighted by atomic mass is 32.2. The Balaban J connectivity index is 1.71. The van der Waals surface area contributed by atoms with E-state index < -0.39 is 26.7 Å². The van der Waals surface area contributed by atoms with E-state index in [1.807, 2.05) is 4.90 Å². The molecule has 31 heavy (non-hydrogen) atoms. The van der Waals surface area contributed by atoms with Crippen molar-refractivity contribution in [3.8, 4) is 0 Å². The van der Waals surface area contributed by atoms with Crippen LogP contribution >= 0.6 is 0 Å². The molecule has 1 fully saturated rings. The van der Waals surface area contributed by atoms with Gasteiger partial charge in [0.25, 0.3) is 5.69 Å². The summed E-state index contributed by atoms with van der Waals surface area (Å²) in [6, 6.07) is 8.91. The molecule has 1 saturated heterocycles. The topological polar surface area (TPSA) is 83.8 Å². The molecule has 0 amide bonds. The molecule has 0 aliphatic carbocycles. The van der Waals surface area contributed by atoms with Gasteiger partial charge in [0.1, 0.15) is 0 Å². The molecule has 2 aromatic rings. The van der Waals surface area contributed by atoms with Gasteiger partial charge < -0.3 is 0 Å². The van der Waals surface area contributed by atoms with Gasteiger partial charge in [-0.05, 0) is 43.7 Å². The van der Waals surface area contributed by atoms with Crippen LogP contribution in [0.15, 0.2) is 47.4 Å². The molecule has 0 spiro atoms. The van der Waals surface area contributed by atoms with Crippen LogP contribution in [-0.2, 0) is 22.7 Å². The summed E-state index contributed by atoms with van der Waals surface area (Å²) in [5, 5.41) is 11.2. The van der Waals surface area contributed by atoms with Gasteiger partial charge in [0.05, 0.1) is 15.4 Å². The van der Waals surface area contributed by atoms with Gasteiger partial charge in [0, 0.05) is 37.8 Å². The molecule has 168 valence electrons. The van der Waals surface area contributed by atoms with Gasteiger partial charge in [0.15, 0.2) is 0 Å². The summed E-state index contributed by atoms with van der Waals surface area (Å²) in [6.07, 6.45) is -3.85. The zero-order valence-corrected chi connectivity index (χ0v) is 17.6. The van der Waals surface area contributed by atoms with Crippen molar-refractivity contribution in [1.82, 2.24) is 9.21 Å². The number of nitrogens with zero attached hydrogens (tertiary/aromatic N) is 3. The first-order chi connectivity index (χ1) is 14.5. The molecule has 0 N–H and O–H groups in total. The van der Waals surface area contributed by atoms with Crippen LogP contribution < -0.4 is 0 Å². The Morgan fingerprint density at radius 2 is 1.71 bits per heavy atom. The monoisotopic (exact) mass is 457 g/mol. The summed E-state index contributed by atoms with van der Waals surface area (Å²) >= 11 is 0. The molecule has 0 atom stereocenters. The highest BCUT2D eigenvalue weighted by molar-refractivity contribution is 7.89. The summed E-state index contributed by atoms with van der Waals surface area (Å²) in [5.41, 5.74) is -0.159. The second kappa shape index (κ2) is 8.93. The molecule has 1 heterocycles. The lowest BCUT2D eigenvalue weighted by atomic mass is 10.1. The predicted molar refractivity (Wildman–Crippen MR) is 108 cm³/mol. The third-order valence-electron chi connectivity index (χ3n) is 5.30. The molecular formula is C20H22F3N3O4S. The Labute approximate surface area is 178 Å². The van der Waals surface area contributed by atoms with Gasteiger partial charge >= 0.3 is 6.18 Å². The molecule has 1 aliphatic heterocycles. The minimum Gasteiger partial charge on any atom is -0.298 e. The number of nitro benzene ring substituents is 1. The zero-order chi connectivity index (χ0) is 22.8. The Morgan fingerprint density at radius 3 is 2.32 bits per heavy atom. The first kappa shape index (κ1) is 23.2. The summed E-state index contributed by atoms with van der Waals surface area (Å²) in [7, 11) is -3.91. The van der Waals surface area contributed by atoms with Gasteiger partial charge in [-0.25, -0.2) is 8.42 Å². The maximum absolute atomic E-state index is 13.1. The molecule has 11 heteroatoms. The highest BCUT2D eigenvalue weighted by Gasteiger charge is 2.31. The number of sulfonamides is 1. The van der Waals surface area contributed by atoms with Gasteiger partial charge in [0.2, 0.25) is 10.0 Å². The number of rotatable bonds is 5. The molecule has 3 rings (SSSR count). The minimum atomic E-state index is -4.39. The third-order valence-corrected chi connectivity index (χ3v) is 7.35. The molecule has 0 radical (unpaired) electrons. The lowest BCUT2D eigenvalue weighted by Crippen LogP contribution is -2.35. The van der Waals surface area contributed by atoms with Crippen molar-refractivity contribution in [3.05, 3.63) is 69.3 Å². The van der Waals surface area contributed by atoms with E-state index >= 15 is 0 Å². The van der Waals surface area contributed by atoms with Crippen LogP contribution in [-0.4, -0.2) is 48.7 Å². The highest BCUT2D eigenvalue weighted by Crippen LogP contribution is 2.30. The number of halogens is 3. The van der Waals surface area contributed by atoms with Gasteiger partial charge in [-0.2, -0.15) is 17.5 Å². The molecule has 0 saturated carbocycles. The first-order valence-corrected chi connectivity index (χ1v) is 11.1. The van der Waals surface area contributed by atoms with E-state index in [1.165, 1.54) is 41.6 Å². The fraction of sp³-hybridized carbons (Fsp3) is 0.400. The van der Waals surface area contributed by atoms with Crippen molar-refractivity contribution in [2.75, 3.05) is 26.2 Å². The van der Waals surface area contributed by atoms with Crippen LogP contribution in [0.2, 0.25) is 0 Å². The van der Waals surface area contributed by atoms with E-state index in [-0.39, 0.29) is 29.2 Å². The molecule has 0 unspecified atom stereocenters. The predicted octanol–water partition coefficient (Wildman–Crippen LogP) is 3.82. The average molecular weight is 457 g/mol. The number of nitro groups is 1. The quantitative estimate of drug-likeness (QED) is 0.504. The standard InChI is InChI=1S/C20H22F3N3O4S/c1-15-18(26(27)28)4-2-5-19(15)31(29,30)25-11-3-10-24(12-13-25)14-16-6-8-17(9-7-16)20(21,22)23/h2,4-9H,3,10-14H2,1H3. The lowest BCUT2D eigenvalue weighted by Gasteiger charge is -2.22. The van der Waals surface area contributed by atoms with Crippen molar-refractivity contribution >= 4 is 15.7 Å². The van der Waals surface area contributed by atoms with Crippen molar-refractivity contribution in [2.24, 2.45) is 0 Å². The largest absolute Gasteiger partial charge is 0.416 e. The SMILES string of the molecule is Cc1c([N+](=O)[O-])cccc1S(=O)(=O)N1CCCN(Cc2ccc(C(F)(F)F)cc2)CC1. The number of alkyl halides is 3. The number of benzene rings is 2. The van der Waals surface area contributed by atoms with Gasteiger partial charge in [-0.1, -0.05) is 18.2 Å². The molecule has 1 aliphatic rings. The Kier molecular flexibility index (Phi) is 6.68. The Hall–Kier alpha value is -2.50. The van der Waals surface area contributed by atoms with Crippen LogP contribution in [0.1, 0.15) is 23.1 Å². The van der Waals surface area contributed by atoms with Crippen LogP contribution in [0.25, 0.3) is 0 Å². The van der Waals surface area contributed by atoms with E-state index in [9.17, 15) is 31.7 Å². The normalized spacial score (nSPS) is 16.8. The van der Waals surface area contributed by atoms with E-state index in [0.29, 0.717) is 31.6 Å². The van der Waals surface area contributed by atoms with Crippen LogP contribution in [0.3, 0.4) is 0 Å². The van der Waals surface area contributed by atoms with Crippen LogP contribution in [0.5, 0.6) is 0 Å². The summed E-state index contributed by atoms with van der Waals surface area (Å²) < 4.78 is 65.7. The maximum Gasteiger partial charge on any atom is 0.416 e. The van der Waals surface area contributed by atoms with Crippen molar-refractivity contribution in [1.29, 1.82) is 0 Å². The maximum atomic E-state index is 13.1. The fourth-order valence-corrected chi connectivity index (χ4v) is 5.33. The number of hydrogen-bond acceptors (Lipinski definition) is 5. The van der Waals surface area contributed by atoms with Crippen molar-refractivity contribution in [2.45, 2.75) is 31.0 Å². The Bertz CT molecular complexity index is 1060. The summed E-state index contributed by atoms with van der Waals surface area (Å²) in [6.45, 7) is 3.25. The molecular weight excluding hydrogens is 435 g/mol. The summed E-state index contributed by atoms with van der Waals surface area (Å²) in [4.78, 5) is 12.4. The first-order valence-electron chi connectivity index (χ1n) is 9.63. The van der Waals surface area contributed by atoms with E-state index in [4.69, 9.17) is 0 Å². The smallest absolute Gasteiger partial charge is 0.298 e. The molecule has 2 aromatic carbocycles. The van der Waals surface area contributed by atoms with E-state index in [1.54, 1.807) is 0 Å². The zero-order valence-electron chi connectivity index (χ0n) is 16.8. The average Bonchev–Trinajstić information content (AvgIpc) is 2.93. The third kappa shape index (κ3) is 5.23. The molecule has 7 nitrogen and oxygen atoms in total. The van der Waals surface area contributed by atoms with Crippen molar-refractivity contribution < 1.29 is 26.5 Å². The Morgan fingerprint density at radius 1 is 1.03 bits per heavy atom. The van der Waals surface area contributed by atoms with E-state index in [0.717, 1.165) is 12.1 Å². The second-order valence-electron chi connectivity index (χ2n) is 7.39. The number of hydrogen-bond donors (Lipinski definition) is 0. The van der Waals surface area contributed by atoms with Crippen LogP contribution in [0.4, 0.5) is 18.9 Å². The minimum absolute atomic E-state index is 0.0853. The van der Waals surface area contributed by atoms with E-state index in [2.05, 4.69) is 0 Å². The van der Waals surface area contributed by atoms with Crippen molar-refractivity contribution in [3.63, 3.8) is 0 Å². The summed E-state index contributed by atoms with van der Waals surface area (Å²) in [5.74, 6) is 0. The van der Waals surface area contributed by atoms with Gasteiger partial charge in [-0.3, -0.25) is 15.0 Å². The second-order valence-corrected chi connectivity index (χ2v) is 9.29. The van der Waals surface area contributed by atoms with Gasteiger partial charge in [-0.15, -0.1) is 0 Å². The molecule has 0 bridgehead atoms. The fourth-order valence-electron chi connectivity index (χ4n) is 3.62.